The van der Waals surface area contributed by atoms with Crippen molar-refractivity contribution in [3.8, 4) is 0 Å². The van der Waals surface area contributed by atoms with Gasteiger partial charge in [0.2, 0.25) is 5.91 Å². The standard InChI is InChI=1S/C15H23F3N4O/c1-3-12-6-4-5-8-22(12)14(23)11(2)19-13-7-9-21(20-13)10-15(16,17)18/h7,9,11-12H,3-6,8,10H2,1-2H3,(H,19,20)/t11-,12-/m1/s1. The van der Waals surface area contributed by atoms with E-state index in [9.17, 15) is 18.0 Å². The van der Waals surface area contributed by atoms with Gasteiger partial charge in [-0.1, -0.05) is 6.92 Å². The number of halogens is 3. The molecular formula is C15H23F3N4O. The van der Waals surface area contributed by atoms with Crippen LogP contribution in [-0.2, 0) is 11.3 Å². The Kier molecular flexibility index (Phi) is 5.54. The summed E-state index contributed by atoms with van der Waals surface area (Å²) in [5, 5.41) is 6.72. The van der Waals surface area contributed by atoms with Crippen molar-refractivity contribution in [1.82, 2.24) is 14.7 Å². The second-order valence-corrected chi connectivity index (χ2v) is 5.97. The summed E-state index contributed by atoms with van der Waals surface area (Å²) in [5.74, 6) is 0.252. The molecule has 1 amide bonds. The minimum atomic E-state index is -4.31. The first-order valence-corrected chi connectivity index (χ1v) is 7.97. The molecule has 2 rings (SSSR count). The van der Waals surface area contributed by atoms with Crippen LogP contribution in [0.15, 0.2) is 12.3 Å². The van der Waals surface area contributed by atoms with E-state index in [0.717, 1.165) is 36.9 Å². The number of piperidine rings is 1. The Morgan fingerprint density at radius 3 is 2.87 bits per heavy atom. The van der Waals surface area contributed by atoms with Gasteiger partial charge in [-0.2, -0.15) is 18.3 Å². The monoisotopic (exact) mass is 332 g/mol. The molecule has 0 unspecified atom stereocenters. The number of carbonyl (C=O) groups is 1. The van der Waals surface area contributed by atoms with Crippen LogP contribution in [0.4, 0.5) is 19.0 Å². The second kappa shape index (κ2) is 7.23. The molecule has 5 nitrogen and oxygen atoms in total. The summed E-state index contributed by atoms with van der Waals surface area (Å²) in [6.07, 6.45) is 0.991. The zero-order valence-corrected chi connectivity index (χ0v) is 13.4. The van der Waals surface area contributed by atoms with Gasteiger partial charge in [0, 0.05) is 24.8 Å². The summed E-state index contributed by atoms with van der Waals surface area (Å²) in [6, 6.07) is 1.18. The van der Waals surface area contributed by atoms with Crippen molar-refractivity contribution in [3.05, 3.63) is 12.3 Å². The van der Waals surface area contributed by atoms with Crippen molar-refractivity contribution in [3.63, 3.8) is 0 Å². The molecule has 2 heterocycles. The molecule has 1 aromatic rings. The molecule has 1 saturated heterocycles. The van der Waals surface area contributed by atoms with Crippen LogP contribution < -0.4 is 5.32 Å². The zero-order valence-electron chi connectivity index (χ0n) is 13.4. The molecular weight excluding hydrogens is 309 g/mol. The van der Waals surface area contributed by atoms with E-state index in [1.807, 2.05) is 4.90 Å². The van der Waals surface area contributed by atoms with Crippen LogP contribution in [0, 0.1) is 0 Å². The fourth-order valence-corrected chi connectivity index (χ4v) is 2.96. The van der Waals surface area contributed by atoms with Gasteiger partial charge < -0.3 is 10.2 Å². The van der Waals surface area contributed by atoms with Gasteiger partial charge in [0.05, 0.1) is 0 Å². The van der Waals surface area contributed by atoms with E-state index in [4.69, 9.17) is 0 Å². The number of carbonyl (C=O) groups excluding carboxylic acids is 1. The third kappa shape index (κ3) is 4.87. The van der Waals surface area contributed by atoms with E-state index in [2.05, 4.69) is 17.3 Å². The third-order valence-corrected chi connectivity index (χ3v) is 4.10. The van der Waals surface area contributed by atoms with Crippen LogP contribution in [0.1, 0.15) is 39.5 Å². The number of nitrogens with one attached hydrogen (secondary N) is 1. The van der Waals surface area contributed by atoms with Gasteiger partial charge in [-0.25, -0.2) is 0 Å². The summed E-state index contributed by atoms with van der Waals surface area (Å²) in [5.41, 5.74) is 0. The van der Waals surface area contributed by atoms with Gasteiger partial charge in [-0.3, -0.25) is 9.48 Å². The maximum Gasteiger partial charge on any atom is 0.408 e. The summed E-state index contributed by atoms with van der Waals surface area (Å²) in [4.78, 5) is 14.4. The molecule has 1 aliphatic heterocycles. The van der Waals surface area contributed by atoms with E-state index >= 15 is 0 Å². The Hall–Kier alpha value is -1.73. The molecule has 0 aliphatic carbocycles. The number of rotatable bonds is 5. The highest BCUT2D eigenvalue weighted by atomic mass is 19.4. The number of hydrogen-bond acceptors (Lipinski definition) is 3. The molecule has 130 valence electrons. The van der Waals surface area contributed by atoms with E-state index < -0.39 is 18.8 Å². The van der Waals surface area contributed by atoms with Gasteiger partial charge in [0.15, 0.2) is 0 Å². The smallest absolute Gasteiger partial charge is 0.357 e. The van der Waals surface area contributed by atoms with Crippen LogP contribution in [0.3, 0.4) is 0 Å². The molecule has 0 aromatic carbocycles. The minimum absolute atomic E-state index is 0.0260. The molecule has 0 bridgehead atoms. The van der Waals surface area contributed by atoms with Crippen LogP contribution in [-0.4, -0.2) is 45.4 Å². The van der Waals surface area contributed by atoms with Crippen LogP contribution >= 0.6 is 0 Å². The predicted octanol–water partition coefficient (Wildman–Crippen LogP) is 3.04. The SMILES string of the molecule is CC[C@@H]1CCCCN1C(=O)[C@@H](C)Nc1ccn(CC(F)(F)F)n1. The topological polar surface area (TPSA) is 50.2 Å². The van der Waals surface area contributed by atoms with Gasteiger partial charge >= 0.3 is 6.18 Å². The maximum absolute atomic E-state index is 12.6. The van der Waals surface area contributed by atoms with Gasteiger partial charge in [-0.05, 0) is 32.6 Å². The highest BCUT2D eigenvalue weighted by Gasteiger charge is 2.30. The van der Waals surface area contributed by atoms with Crippen molar-refractivity contribution in [2.24, 2.45) is 0 Å². The summed E-state index contributed by atoms with van der Waals surface area (Å²) in [7, 11) is 0. The van der Waals surface area contributed by atoms with Crippen LogP contribution in [0.25, 0.3) is 0 Å². The second-order valence-electron chi connectivity index (χ2n) is 5.97. The van der Waals surface area contributed by atoms with Crippen LogP contribution in [0.5, 0.6) is 0 Å². The van der Waals surface area contributed by atoms with Crippen molar-refractivity contribution >= 4 is 11.7 Å². The summed E-state index contributed by atoms with van der Waals surface area (Å²) >= 11 is 0. The van der Waals surface area contributed by atoms with Gasteiger partial charge in [0.1, 0.15) is 18.4 Å². The Labute approximate surface area is 133 Å². The third-order valence-electron chi connectivity index (χ3n) is 4.10. The largest absolute Gasteiger partial charge is 0.408 e. The predicted molar refractivity (Wildman–Crippen MR) is 81.0 cm³/mol. The highest BCUT2D eigenvalue weighted by molar-refractivity contribution is 5.84. The Balaban J connectivity index is 1.95. The fourth-order valence-electron chi connectivity index (χ4n) is 2.96. The minimum Gasteiger partial charge on any atom is -0.357 e. The number of nitrogens with zero attached hydrogens (tertiary/aromatic N) is 3. The fraction of sp³-hybridized carbons (Fsp3) is 0.733. The zero-order chi connectivity index (χ0) is 17.0. The van der Waals surface area contributed by atoms with Crippen LogP contribution in [0.2, 0.25) is 0 Å². The number of amides is 1. The van der Waals surface area contributed by atoms with E-state index in [-0.39, 0.29) is 17.8 Å². The molecule has 8 heteroatoms. The van der Waals surface area contributed by atoms with Gasteiger partial charge in [0.25, 0.3) is 0 Å². The van der Waals surface area contributed by atoms with Crippen molar-refractivity contribution < 1.29 is 18.0 Å². The lowest BCUT2D eigenvalue weighted by Gasteiger charge is -2.37. The normalized spacial score (nSPS) is 20.4. The number of alkyl halides is 3. The molecule has 1 aromatic heterocycles. The molecule has 0 saturated carbocycles. The maximum atomic E-state index is 12.6. The Bertz CT molecular complexity index is 529. The lowest BCUT2D eigenvalue weighted by Crippen LogP contribution is -2.49. The Morgan fingerprint density at radius 2 is 2.22 bits per heavy atom. The van der Waals surface area contributed by atoms with E-state index in [0.29, 0.717) is 0 Å². The quantitative estimate of drug-likeness (QED) is 0.902. The molecule has 0 radical (unpaired) electrons. The molecule has 1 N–H and O–H groups in total. The highest BCUT2D eigenvalue weighted by Crippen LogP contribution is 2.21. The molecule has 0 spiro atoms. The number of hydrogen-bond donors (Lipinski definition) is 1. The molecule has 23 heavy (non-hydrogen) atoms. The van der Waals surface area contributed by atoms with Crippen molar-refractivity contribution in [2.75, 3.05) is 11.9 Å². The molecule has 1 aliphatic rings. The number of likely N-dealkylation sites (tertiary alicyclic amines) is 1. The molecule has 2 atom stereocenters. The Morgan fingerprint density at radius 1 is 1.48 bits per heavy atom. The van der Waals surface area contributed by atoms with Gasteiger partial charge in [-0.15, -0.1) is 0 Å². The first-order valence-electron chi connectivity index (χ1n) is 7.97. The summed E-state index contributed by atoms with van der Waals surface area (Å²) < 4.78 is 37.8. The van der Waals surface area contributed by atoms with Crippen molar-refractivity contribution in [2.45, 2.75) is 64.3 Å². The lowest BCUT2D eigenvalue weighted by atomic mass is 9.99. The molecule has 1 fully saturated rings. The first kappa shape index (κ1) is 17.6. The lowest BCUT2D eigenvalue weighted by molar-refractivity contribution is -0.142. The first-order chi connectivity index (χ1) is 10.8. The average molecular weight is 332 g/mol. The number of aromatic nitrogens is 2. The van der Waals surface area contributed by atoms with E-state index in [1.54, 1.807) is 6.92 Å². The number of anilines is 1. The summed E-state index contributed by atoms with van der Waals surface area (Å²) in [6.45, 7) is 3.38. The average Bonchev–Trinajstić information content (AvgIpc) is 2.91. The van der Waals surface area contributed by atoms with Crippen molar-refractivity contribution in [1.29, 1.82) is 0 Å². The van der Waals surface area contributed by atoms with E-state index in [1.165, 1.54) is 12.3 Å².